The van der Waals surface area contributed by atoms with Gasteiger partial charge in [-0.2, -0.15) is 5.10 Å². The predicted octanol–water partition coefficient (Wildman–Crippen LogP) is 4.36. The number of carbonyl (C=O) groups is 2. The molecule has 1 unspecified atom stereocenters. The van der Waals surface area contributed by atoms with Crippen molar-refractivity contribution < 1.29 is 18.4 Å². The van der Waals surface area contributed by atoms with Crippen molar-refractivity contribution in [3.8, 4) is 0 Å². The molecule has 160 valence electrons. The van der Waals surface area contributed by atoms with Gasteiger partial charge in [0.15, 0.2) is 0 Å². The van der Waals surface area contributed by atoms with E-state index in [9.17, 15) is 18.4 Å². The topological polar surface area (TPSA) is 76.0 Å². The number of halogens is 2. The van der Waals surface area contributed by atoms with Crippen LogP contribution in [-0.2, 0) is 6.54 Å². The predicted molar refractivity (Wildman–Crippen MR) is 110 cm³/mol. The van der Waals surface area contributed by atoms with Crippen molar-refractivity contribution in [2.45, 2.75) is 59.0 Å². The fourth-order valence-corrected chi connectivity index (χ4v) is 3.60. The number of aryl methyl sites for hydroxylation is 2. The van der Waals surface area contributed by atoms with Gasteiger partial charge in [0.25, 0.3) is 11.8 Å². The molecule has 1 aromatic heterocycles. The van der Waals surface area contributed by atoms with Crippen LogP contribution in [0.2, 0.25) is 0 Å². The molecule has 0 radical (unpaired) electrons. The van der Waals surface area contributed by atoms with E-state index in [0.29, 0.717) is 18.3 Å². The van der Waals surface area contributed by atoms with E-state index in [0.717, 1.165) is 37.3 Å². The molecule has 6 nitrogen and oxygen atoms in total. The Morgan fingerprint density at radius 3 is 2.60 bits per heavy atom. The Hall–Kier alpha value is -3.03. The summed E-state index contributed by atoms with van der Waals surface area (Å²) in [6.07, 6.45) is 6.13. The zero-order chi connectivity index (χ0) is 21.8. The lowest BCUT2D eigenvalue weighted by molar-refractivity contribution is 0.0938. The summed E-state index contributed by atoms with van der Waals surface area (Å²) in [6, 6.07) is 2.96. The second-order valence-corrected chi connectivity index (χ2v) is 7.47. The summed E-state index contributed by atoms with van der Waals surface area (Å²) in [5, 5.41) is 9.37. The molecular weight excluding hydrogens is 390 g/mol. The van der Waals surface area contributed by atoms with Crippen molar-refractivity contribution in [3.05, 3.63) is 58.4 Å². The average Bonchev–Trinajstić information content (AvgIpc) is 3.11. The van der Waals surface area contributed by atoms with Gasteiger partial charge >= 0.3 is 0 Å². The lowest BCUT2D eigenvalue weighted by Gasteiger charge is -2.21. The number of rotatable bonds is 6. The molecule has 2 amide bonds. The minimum absolute atomic E-state index is 0.248. The van der Waals surface area contributed by atoms with Gasteiger partial charge in [0.05, 0.1) is 16.9 Å². The lowest BCUT2D eigenvalue weighted by Crippen LogP contribution is -2.35. The maximum Gasteiger partial charge on any atom is 0.274 e. The zero-order valence-electron chi connectivity index (χ0n) is 17.4. The van der Waals surface area contributed by atoms with Crippen LogP contribution in [0.25, 0.3) is 0 Å². The van der Waals surface area contributed by atoms with Crippen LogP contribution in [-0.4, -0.2) is 27.6 Å². The minimum atomic E-state index is -0.984. The van der Waals surface area contributed by atoms with Crippen LogP contribution in [0.3, 0.4) is 0 Å². The van der Waals surface area contributed by atoms with E-state index >= 15 is 0 Å². The number of hydrogen-bond donors (Lipinski definition) is 2. The highest BCUT2D eigenvalue weighted by Gasteiger charge is 2.22. The first-order chi connectivity index (χ1) is 14.3. The highest BCUT2D eigenvalue weighted by atomic mass is 19.1. The summed E-state index contributed by atoms with van der Waals surface area (Å²) in [6.45, 7) is 5.87. The van der Waals surface area contributed by atoms with E-state index < -0.39 is 23.4 Å². The summed E-state index contributed by atoms with van der Waals surface area (Å²) in [7, 11) is 0. The first-order valence-corrected chi connectivity index (χ1v) is 10.1. The Kier molecular flexibility index (Phi) is 6.64. The maximum absolute atomic E-state index is 14.3. The van der Waals surface area contributed by atoms with Crippen LogP contribution < -0.4 is 10.6 Å². The summed E-state index contributed by atoms with van der Waals surface area (Å²) < 4.78 is 30.1. The molecular formula is C22H26F2N4O2. The fourth-order valence-electron chi connectivity index (χ4n) is 3.60. The molecule has 1 aromatic carbocycles. The van der Waals surface area contributed by atoms with Crippen molar-refractivity contribution in [1.82, 2.24) is 15.1 Å². The molecule has 0 saturated heterocycles. The van der Waals surface area contributed by atoms with Crippen molar-refractivity contribution in [2.75, 3.05) is 5.32 Å². The van der Waals surface area contributed by atoms with Gasteiger partial charge in [-0.25, -0.2) is 8.78 Å². The number of hydrogen-bond acceptors (Lipinski definition) is 3. The van der Waals surface area contributed by atoms with E-state index in [1.54, 1.807) is 13.0 Å². The highest BCUT2D eigenvalue weighted by Crippen LogP contribution is 2.23. The number of aromatic nitrogens is 2. The van der Waals surface area contributed by atoms with Crippen LogP contribution >= 0.6 is 0 Å². The molecule has 1 atom stereocenters. The molecule has 0 fully saturated rings. The molecule has 8 heteroatoms. The summed E-state index contributed by atoms with van der Waals surface area (Å²) in [5.74, 6) is -3.19. The number of benzene rings is 1. The van der Waals surface area contributed by atoms with Crippen LogP contribution in [0.5, 0.6) is 0 Å². The molecule has 0 spiro atoms. The van der Waals surface area contributed by atoms with Crippen LogP contribution in [0.15, 0.2) is 29.8 Å². The number of anilines is 1. The first-order valence-electron chi connectivity index (χ1n) is 10.1. The fraction of sp³-hybridized carbons (Fsp3) is 0.409. The van der Waals surface area contributed by atoms with Crippen LogP contribution in [0.1, 0.15) is 66.1 Å². The standard InChI is InChI=1S/C22H26F2N4O2/c1-4-28-20(10-13(2)27-28)22(30)26-19-11-16(17(23)12-18(19)24)21(29)25-14(3)15-8-6-5-7-9-15/h8,10-12,14H,4-7,9H2,1-3H3,(H,25,29)(H,26,30). The zero-order valence-corrected chi connectivity index (χ0v) is 17.4. The molecule has 0 bridgehead atoms. The van der Waals surface area contributed by atoms with Crippen molar-refractivity contribution in [1.29, 1.82) is 0 Å². The van der Waals surface area contributed by atoms with E-state index in [2.05, 4.69) is 21.8 Å². The Balaban J connectivity index is 1.80. The van der Waals surface area contributed by atoms with E-state index in [-0.39, 0.29) is 23.0 Å². The SMILES string of the molecule is CCn1nc(C)cc1C(=O)Nc1cc(C(=O)NC(C)C2=CCCCC2)c(F)cc1F. The molecule has 0 aliphatic heterocycles. The van der Waals surface area contributed by atoms with Gasteiger partial charge < -0.3 is 10.6 Å². The van der Waals surface area contributed by atoms with Gasteiger partial charge in [0.2, 0.25) is 0 Å². The molecule has 1 aliphatic carbocycles. The van der Waals surface area contributed by atoms with Gasteiger partial charge in [-0.1, -0.05) is 11.6 Å². The van der Waals surface area contributed by atoms with Gasteiger partial charge in [-0.05, 0) is 58.6 Å². The Bertz CT molecular complexity index is 997. The van der Waals surface area contributed by atoms with E-state index in [1.165, 1.54) is 4.68 Å². The maximum atomic E-state index is 14.3. The van der Waals surface area contributed by atoms with Crippen molar-refractivity contribution >= 4 is 17.5 Å². The number of nitrogens with one attached hydrogen (secondary N) is 2. The second-order valence-electron chi connectivity index (χ2n) is 7.47. The summed E-state index contributed by atoms with van der Waals surface area (Å²) in [5.41, 5.74) is 1.41. The van der Waals surface area contributed by atoms with Gasteiger partial charge in [-0.15, -0.1) is 0 Å². The third kappa shape index (κ3) is 4.75. The van der Waals surface area contributed by atoms with Crippen molar-refractivity contribution in [3.63, 3.8) is 0 Å². The van der Waals surface area contributed by atoms with Crippen LogP contribution in [0, 0.1) is 18.6 Å². The number of amides is 2. The number of allylic oxidation sites excluding steroid dienone is 1. The van der Waals surface area contributed by atoms with Gasteiger partial charge in [-0.3, -0.25) is 14.3 Å². The lowest BCUT2D eigenvalue weighted by atomic mass is 9.94. The smallest absolute Gasteiger partial charge is 0.274 e. The van der Waals surface area contributed by atoms with E-state index in [4.69, 9.17) is 0 Å². The van der Waals surface area contributed by atoms with Gasteiger partial charge in [0, 0.05) is 18.7 Å². The third-order valence-corrected chi connectivity index (χ3v) is 5.21. The quantitative estimate of drug-likeness (QED) is 0.687. The second kappa shape index (κ2) is 9.19. The summed E-state index contributed by atoms with van der Waals surface area (Å²) >= 11 is 0. The molecule has 2 N–H and O–H groups in total. The Labute approximate surface area is 174 Å². The molecule has 30 heavy (non-hydrogen) atoms. The van der Waals surface area contributed by atoms with Crippen molar-refractivity contribution in [2.24, 2.45) is 0 Å². The Morgan fingerprint density at radius 1 is 1.17 bits per heavy atom. The number of carbonyl (C=O) groups excluding carboxylic acids is 2. The van der Waals surface area contributed by atoms with Gasteiger partial charge in [0.1, 0.15) is 17.3 Å². The highest BCUT2D eigenvalue weighted by molar-refractivity contribution is 6.04. The monoisotopic (exact) mass is 416 g/mol. The third-order valence-electron chi connectivity index (χ3n) is 5.21. The van der Waals surface area contributed by atoms with E-state index in [1.807, 2.05) is 13.8 Å². The normalized spacial score (nSPS) is 14.8. The molecule has 1 aliphatic rings. The minimum Gasteiger partial charge on any atom is -0.346 e. The molecule has 3 rings (SSSR count). The molecule has 2 aromatic rings. The summed E-state index contributed by atoms with van der Waals surface area (Å²) in [4.78, 5) is 25.2. The average molecular weight is 416 g/mol. The van der Waals surface area contributed by atoms with Crippen LogP contribution in [0.4, 0.5) is 14.5 Å². The first kappa shape index (κ1) is 21.7. The Morgan fingerprint density at radius 2 is 1.93 bits per heavy atom. The molecule has 0 saturated carbocycles. The number of nitrogens with zero attached hydrogens (tertiary/aromatic N) is 2. The largest absolute Gasteiger partial charge is 0.346 e. The molecule has 1 heterocycles.